The molecule has 2 heterocycles. The number of aliphatic imine (C=N–C) groups is 1. The van der Waals surface area contributed by atoms with Gasteiger partial charge in [0, 0.05) is 18.8 Å². The molecule has 1 atom stereocenters. The van der Waals surface area contributed by atoms with Crippen molar-refractivity contribution < 1.29 is 0 Å². The van der Waals surface area contributed by atoms with Gasteiger partial charge in [0.1, 0.15) is 0 Å². The molecule has 1 fully saturated rings. The highest BCUT2D eigenvalue weighted by Gasteiger charge is 2.24. The Morgan fingerprint density at radius 2 is 2.60 bits per heavy atom. The molecular weight excluding hydrogens is 212 g/mol. The summed E-state index contributed by atoms with van der Waals surface area (Å²) in [5.41, 5.74) is 0. The molecule has 2 nitrogen and oxygen atoms in total. The minimum absolute atomic E-state index is 0.579. The lowest BCUT2D eigenvalue weighted by atomic mass is 10.3. The number of hydrogen-bond donors (Lipinski definition) is 0. The molecule has 0 aromatic heterocycles. The Bertz CT molecular complexity index is 171. The molecule has 56 valence electrons. The highest BCUT2D eigenvalue weighted by atomic mass is 79.9. The van der Waals surface area contributed by atoms with Gasteiger partial charge in [0.25, 0.3) is 0 Å². The van der Waals surface area contributed by atoms with Crippen molar-refractivity contribution in [2.75, 3.05) is 25.4 Å². The lowest BCUT2D eigenvalue weighted by Crippen LogP contribution is -2.36. The van der Waals surface area contributed by atoms with Gasteiger partial charge in [0.2, 0.25) is 0 Å². The zero-order chi connectivity index (χ0) is 6.97. The number of rotatable bonds is 0. The van der Waals surface area contributed by atoms with Gasteiger partial charge < -0.3 is 4.90 Å². The van der Waals surface area contributed by atoms with Gasteiger partial charge in [-0.15, -0.1) is 0 Å². The minimum atomic E-state index is 0.579. The number of alkyl halides is 1. The molecule has 0 saturated carbocycles. The summed E-state index contributed by atoms with van der Waals surface area (Å²) in [5.74, 6) is 1.22. The summed E-state index contributed by atoms with van der Waals surface area (Å²) in [6.07, 6.45) is 0. The molecule has 0 radical (unpaired) electrons. The second-order valence-electron chi connectivity index (χ2n) is 2.52. The third-order valence-corrected chi connectivity index (χ3v) is 3.32. The van der Waals surface area contributed by atoms with Crippen molar-refractivity contribution in [1.29, 1.82) is 0 Å². The summed E-state index contributed by atoms with van der Waals surface area (Å²) in [5, 5.41) is 1.26. The van der Waals surface area contributed by atoms with E-state index in [4.69, 9.17) is 0 Å². The number of nitrogens with zero attached hydrogens (tertiary/aromatic N) is 2. The quantitative estimate of drug-likeness (QED) is 0.570. The Hall–Kier alpha value is 0.300. The normalized spacial score (nSPS) is 31.9. The second kappa shape index (κ2) is 2.74. The van der Waals surface area contributed by atoms with Crippen LogP contribution in [0.4, 0.5) is 0 Å². The topological polar surface area (TPSA) is 15.6 Å². The van der Waals surface area contributed by atoms with E-state index >= 15 is 0 Å². The van der Waals surface area contributed by atoms with Crippen molar-refractivity contribution in [3.63, 3.8) is 0 Å². The van der Waals surface area contributed by atoms with Crippen LogP contribution in [0.3, 0.4) is 0 Å². The molecule has 0 spiro atoms. The largest absolute Gasteiger partial charge is 0.349 e. The Morgan fingerprint density at radius 3 is 3.50 bits per heavy atom. The molecular formula is C6H9BrN2S. The Labute approximate surface area is 73.2 Å². The van der Waals surface area contributed by atoms with E-state index in [-0.39, 0.29) is 0 Å². The van der Waals surface area contributed by atoms with Crippen LogP contribution in [0.2, 0.25) is 0 Å². The van der Waals surface area contributed by atoms with E-state index in [9.17, 15) is 0 Å². The van der Waals surface area contributed by atoms with E-state index < -0.39 is 0 Å². The predicted molar refractivity (Wildman–Crippen MR) is 49.0 cm³/mol. The van der Waals surface area contributed by atoms with E-state index in [0.29, 0.717) is 4.83 Å². The van der Waals surface area contributed by atoms with Crippen LogP contribution in [-0.2, 0) is 0 Å². The van der Waals surface area contributed by atoms with Gasteiger partial charge in [-0.3, -0.25) is 4.99 Å². The number of fused-ring (bicyclic) bond motifs is 1. The molecule has 0 N–H and O–H groups in total. The third kappa shape index (κ3) is 1.19. The second-order valence-corrected chi connectivity index (χ2v) is 4.87. The van der Waals surface area contributed by atoms with Crippen LogP contribution < -0.4 is 0 Å². The summed E-state index contributed by atoms with van der Waals surface area (Å²) in [6.45, 7) is 3.29. The van der Waals surface area contributed by atoms with Crippen LogP contribution in [0, 0.1) is 0 Å². The molecule has 10 heavy (non-hydrogen) atoms. The summed E-state index contributed by atoms with van der Waals surface area (Å²) in [7, 11) is 0. The minimum Gasteiger partial charge on any atom is -0.349 e. The van der Waals surface area contributed by atoms with E-state index in [0.717, 1.165) is 13.1 Å². The summed E-state index contributed by atoms with van der Waals surface area (Å²) < 4.78 is 0. The summed E-state index contributed by atoms with van der Waals surface area (Å²) >= 11 is 5.45. The van der Waals surface area contributed by atoms with Crippen LogP contribution in [-0.4, -0.2) is 40.3 Å². The third-order valence-electron chi connectivity index (χ3n) is 1.71. The maximum Gasteiger partial charge on any atom is 0.159 e. The van der Waals surface area contributed by atoms with Crippen molar-refractivity contribution in [2.45, 2.75) is 4.83 Å². The highest BCUT2D eigenvalue weighted by molar-refractivity contribution is 9.09. The van der Waals surface area contributed by atoms with Crippen LogP contribution in [0.1, 0.15) is 0 Å². The standard InChI is InChI=1S/C6H9BrN2S/c7-5-3-8-6-9(4-5)1-2-10-6/h5H,1-4H2/t5-/m0/s1. The van der Waals surface area contributed by atoms with E-state index in [1.54, 1.807) is 0 Å². The molecule has 1 saturated heterocycles. The van der Waals surface area contributed by atoms with Crippen molar-refractivity contribution >= 4 is 32.9 Å². The first-order chi connectivity index (χ1) is 4.86. The lowest BCUT2D eigenvalue weighted by molar-refractivity contribution is 0.443. The average molecular weight is 221 g/mol. The maximum atomic E-state index is 4.43. The average Bonchev–Trinajstić information content (AvgIpc) is 2.33. The fraction of sp³-hybridized carbons (Fsp3) is 0.833. The van der Waals surface area contributed by atoms with Crippen molar-refractivity contribution in [3.05, 3.63) is 0 Å². The summed E-state index contributed by atoms with van der Waals surface area (Å²) in [6, 6.07) is 0. The number of hydrogen-bond acceptors (Lipinski definition) is 3. The van der Waals surface area contributed by atoms with Crippen LogP contribution in [0.25, 0.3) is 0 Å². The van der Waals surface area contributed by atoms with Gasteiger partial charge in [-0.25, -0.2) is 0 Å². The molecule has 0 aromatic carbocycles. The summed E-state index contributed by atoms with van der Waals surface area (Å²) in [4.78, 5) is 7.36. The number of halogens is 1. The van der Waals surface area contributed by atoms with Crippen LogP contribution >= 0.6 is 27.7 Å². The van der Waals surface area contributed by atoms with E-state index in [1.807, 2.05) is 11.8 Å². The van der Waals surface area contributed by atoms with Crippen molar-refractivity contribution in [2.24, 2.45) is 4.99 Å². The smallest absolute Gasteiger partial charge is 0.159 e. The van der Waals surface area contributed by atoms with Crippen LogP contribution in [0.15, 0.2) is 4.99 Å². The SMILES string of the molecule is Br[C@H]1CN=C2SCCN2C1. The molecule has 0 bridgehead atoms. The lowest BCUT2D eigenvalue weighted by Gasteiger charge is -2.24. The Balaban J connectivity index is 2.12. The van der Waals surface area contributed by atoms with Gasteiger partial charge >= 0.3 is 0 Å². The van der Waals surface area contributed by atoms with Gasteiger partial charge in [0.05, 0.1) is 11.4 Å². The molecule has 2 aliphatic heterocycles. The van der Waals surface area contributed by atoms with Crippen LogP contribution in [0.5, 0.6) is 0 Å². The Kier molecular flexibility index (Phi) is 1.91. The molecule has 0 aromatic rings. The molecule has 2 aliphatic rings. The van der Waals surface area contributed by atoms with Crippen molar-refractivity contribution in [1.82, 2.24) is 4.90 Å². The molecule has 4 heteroatoms. The maximum absolute atomic E-state index is 4.43. The van der Waals surface area contributed by atoms with Gasteiger partial charge in [-0.2, -0.15) is 0 Å². The molecule has 0 unspecified atom stereocenters. The van der Waals surface area contributed by atoms with Gasteiger partial charge in [0.15, 0.2) is 5.17 Å². The van der Waals surface area contributed by atoms with E-state index in [1.165, 1.54) is 17.5 Å². The fourth-order valence-corrected chi connectivity index (χ4v) is 2.73. The first-order valence-corrected chi connectivity index (χ1v) is 5.32. The highest BCUT2D eigenvalue weighted by Crippen LogP contribution is 2.23. The monoisotopic (exact) mass is 220 g/mol. The zero-order valence-electron chi connectivity index (χ0n) is 5.59. The fourth-order valence-electron chi connectivity index (χ4n) is 1.22. The number of thioether (sulfide) groups is 1. The van der Waals surface area contributed by atoms with Gasteiger partial charge in [-0.1, -0.05) is 27.7 Å². The van der Waals surface area contributed by atoms with E-state index in [2.05, 4.69) is 25.8 Å². The predicted octanol–water partition coefficient (Wildman–Crippen LogP) is 1.17. The first kappa shape index (κ1) is 6.98. The number of amidine groups is 1. The van der Waals surface area contributed by atoms with Gasteiger partial charge in [-0.05, 0) is 0 Å². The molecule has 2 rings (SSSR count). The molecule has 0 amide bonds. The zero-order valence-corrected chi connectivity index (χ0v) is 7.99. The van der Waals surface area contributed by atoms with Crippen molar-refractivity contribution in [3.8, 4) is 0 Å². The first-order valence-electron chi connectivity index (χ1n) is 3.42. The molecule has 0 aliphatic carbocycles. The Morgan fingerprint density at radius 1 is 1.70 bits per heavy atom.